The smallest absolute Gasteiger partial charge is 0.269 e. The van der Waals surface area contributed by atoms with Gasteiger partial charge in [-0.2, -0.15) is 5.10 Å². The van der Waals surface area contributed by atoms with Crippen LogP contribution in [0.5, 0.6) is 11.5 Å². The van der Waals surface area contributed by atoms with Gasteiger partial charge in [-0.1, -0.05) is 6.07 Å². The maximum absolute atomic E-state index is 12.3. The molecule has 0 saturated carbocycles. The van der Waals surface area contributed by atoms with Crippen molar-refractivity contribution < 1.29 is 19.1 Å². The largest absolute Gasteiger partial charge is 0.490 e. The molecule has 0 aliphatic rings. The Hall–Kier alpha value is -3.03. The van der Waals surface area contributed by atoms with Crippen molar-refractivity contribution in [1.82, 2.24) is 9.78 Å². The number of carbonyl (C=O) groups excluding carboxylic acids is 2. The van der Waals surface area contributed by atoms with E-state index in [1.54, 1.807) is 25.2 Å². The number of primary amides is 1. The number of nitrogens with zero attached hydrogens (tertiary/aromatic N) is 2. The standard InChI is InChI=1S/C17H22N4O4/c1-4-24-13-7-6-11(8-14(13)25-5-2)9-15(22)20-12-10-19-21(3)16(12)17(18)23/h6-8,10H,4-5,9H2,1-3H3,(H2,18,23)(H,20,22). The number of hydrogen-bond donors (Lipinski definition) is 2. The minimum Gasteiger partial charge on any atom is -0.490 e. The Morgan fingerprint density at radius 1 is 1.20 bits per heavy atom. The average molecular weight is 346 g/mol. The molecule has 0 aliphatic heterocycles. The monoisotopic (exact) mass is 346 g/mol. The predicted molar refractivity (Wildman–Crippen MR) is 92.8 cm³/mol. The summed E-state index contributed by atoms with van der Waals surface area (Å²) in [5.41, 5.74) is 6.50. The highest BCUT2D eigenvalue weighted by Gasteiger charge is 2.16. The Balaban J connectivity index is 2.13. The van der Waals surface area contributed by atoms with Crippen LogP contribution in [0.15, 0.2) is 24.4 Å². The highest BCUT2D eigenvalue weighted by Crippen LogP contribution is 2.28. The van der Waals surface area contributed by atoms with Crippen LogP contribution >= 0.6 is 0 Å². The van der Waals surface area contributed by atoms with Gasteiger partial charge in [0.15, 0.2) is 11.5 Å². The molecule has 1 aromatic carbocycles. The van der Waals surface area contributed by atoms with Gasteiger partial charge >= 0.3 is 0 Å². The molecule has 2 aromatic rings. The Bertz CT molecular complexity index is 770. The Labute approximate surface area is 145 Å². The first-order valence-electron chi connectivity index (χ1n) is 7.96. The first-order chi connectivity index (χ1) is 12.0. The van der Waals surface area contributed by atoms with Crippen LogP contribution in [0, 0.1) is 0 Å². The van der Waals surface area contributed by atoms with Gasteiger partial charge in [0.2, 0.25) is 5.91 Å². The van der Waals surface area contributed by atoms with Crippen LogP contribution in [-0.4, -0.2) is 34.8 Å². The maximum Gasteiger partial charge on any atom is 0.269 e. The first kappa shape index (κ1) is 18.3. The van der Waals surface area contributed by atoms with E-state index in [4.69, 9.17) is 15.2 Å². The SMILES string of the molecule is CCOc1ccc(CC(=O)Nc2cnn(C)c2C(N)=O)cc1OCC. The third-order valence-electron chi connectivity index (χ3n) is 3.42. The van der Waals surface area contributed by atoms with Crippen molar-refractivity contribution in [3.8, 4) is 11.5 Å². The van der Waals surface area contributed by atoms with Crippen molar-refractivity contribution in [2.24, 2.45) is 12.8 Å². The summed E-state index contributed by atoms with van der Waals surface area (Å²) in [4.78, 5) is 23.7. The van der Waals surface area contributed by atoms with E-state index in [2.05, 4.69) is 10.4 Å². The van der Waals surface area contributed by atoms with Crippen LogP contribution in [0.1, 0.15) is 29.9 Å². The van der Waals surface area contributed by atoms with E-state index in [1.165, 1.54) is 10.9 Å². The average Bonchev–Trinajstić information content (AvgIpc) is 2.90. The fourth-order valence-corrected chi connectivity index (χ4v) is 2.41. The second-order valence-corrected chi connectivity index (χ2v) is 5.27. The molecular formula is C17H22N4O4. The molecule has 0 atom stereocenters. The zero-order valence-corrected chi connectivity index (χ0v) is 14.5. The minimum absolute atomic E-state index is 0.111. The first-order valence-corrected chi connectivity index (χ1v) is 7.96. The molecule has 0 fully saturated rings. The summed E-state index contributed by atoms with van der Waals surface area (Å²) in [5, 5.41) is 6.59. The molecule has 1 heterocycles. The quantitative estimate of drug-likeness (QED) is 0.753. The Morgan fingerprint density at radius 2 is 1.88 bits per heavy atom. The van der Waals surface area contributed by atoms with Gasteiger partial charge in [0.05, 0.1) is 31.5 Å². The number of anilines is 1. The van der Waals surface area contributed by atoms with E-state index >= 15 is 0 Å². The zero-order valence-electron chi connectivity index (χ0n) is 14.5. The third-order valence-corrected chi connectivity index (χ3v) is 3.42. The molecule has 134 valence electrons. The number of nitrogens with one attached hydrogen (secondary N) is 1. The lowest BCUT2D eigenvalue weighted by atomic mass is 10.1. The lowest BCUT2D eigenvalue weighted by Crippen LogP contribution is -2.21. The van der Waals surface area contributed by atoms with Crippen molar-refractivity contribution >= 4 is 17.5 Å². The van der Waals surface area contributed by atoms with Crippen molar-refractivity contribution in [1.29, 1.82) is 0 Å². The number of carbonyl (C=O) groups is 2. The van der Waals surface area contributed by atoms with Crippen LogP contribution in [0.25, 0.3) is 0 Å². The van der Waals surface area contributed by atoms with Crippen LogP contribution in [0.3, 0.4) is 0 Å². The van der Waals surface area contributed by atoms with Gasteiger partial charge in [0, 0.05) is 7.05 Å². The van der Waals surface area contributed by atoms with E-state index in [1.807, 2.05) is 13.8 Å². The van der Waals surface area contributed by atoms with Gasteiger partial charge in [-0.25, -0.2) is 0 Å². The summed E-state index contributed by atoms with van der Waals surface area (Å²) >= 11 is 0. The van der Waals surface area contributed by atoms with Gasteiger partial charge < -0.3 is 20.5 Å². The van der Waals surface area contributed by atoms with E-state index in [-0.39, 0.29) is 23.7 Å². The van der Waals surface area contributed by atoms with E-state index in [0.717, 1.165) is 5.56 Å². The molecule has 8 nitrogen and oxygen atoms in total. The number of aryl methyl sites for hydroxylation is 1. The van der Waals surface area contributed by atoms with E-state index in [0.29, 0.717) is 24.7 Å². The van der Waals surface area contributed by atoms with Crippen LogP contribution < -0.4 is 20.5 Å². The molecule has 25 heavy (non-hydrogen) atoms. The summed E-state index contributed by atoms with van der Waals surface area (Å²) in [6.07, 6.45) is 1.50. The fourth-order valence-electron chi connectivity index (χ4n) is 2.41. The van der Waals surface area contributed by atoms with Crippen molar-refractivity contribution in [3.63, 3.8) is 0 Å². The topological polar surface area (TPSA) is 108 Å². The fraction of sp³-hybridized carbons (Fsp3) is 0.353. The highest BCUT2D eigenvalue weighted by molar-refractivity contribution is 6.02. The second kappa shape index (κ2) is 8.18. The summed E-state index contributed by atoms with van der Waals surface area (Å²) in [7, 11) is 1.58. The number of nitrogens with two attached hydrogens (primary N) is 1. The molecule has 8 heteroatoms. The van der Waals surface area contributed by atoms with Gasteiger partial charge in [-0.05, 0) is 31.5 Å². The van der Waals surface area contributed by atoms with Crippen molar-refractivity contribution in [2.45, 2.75) is 20.3 Å². The van der Waals surface area contributed by atoms with Gasteiger partial charge in [-0.15, -0.1) is 0 Å². The summed E-state index contributed by atoms with van der Waals surface area (Å²) in [6, 6.07) is 5.34. The minimum atomic E-state index is -0.657. The number of hydrogen-bond acceptors (Lipinski definition) is 5. The molecule has 0 aliphatic carbocycles. The summed E-state index contributed by atoms with van der Waals surface area (Å²) in [6.45, 7) is 4.79. The molecule has 0 spiro atoms. The summed E-state index contributed by atoms with van der Waals surface area (Å²) in [5.74, 6) is 0.280. The molecule has 1 aromatic heterocycles. The van der Waals surface area contributed by atoms with Crippen molar-refractivity contribution in [3.05, 3.63) is 35.7 Å². The molecule has 0 radical (unpaired) electrons. The molecule has 3 N–H and O–H groups in total. The Kier molecular flexibility index (Phi) is 5.99. The third kappa shape index (κ3) is 4.50. The van der Waals surface area contributed by atoms with Crippen LogP contribution in [0.2, 0.25) is 0 Å². The van der Waals surface area contributed by atoms with Gasteiger partial charge in [0.1, 0.15) is 5.69 Å². The maximum atomic E-state index is 12.3. The van der Waals surface area contributed by atoms with Crippen LogP contribution in [0.4, 0.5) is 5.69 Å². The Morgan fingerprint density at radius 3 is 2.52 bits per heavy atom. The van der Waals surface area contributed by atoms with E-state index in [9.17, 15) is 9.59 Å². The molecule has 2 amide bonds. The number of rotatable bonds is 8. The molecule has 0 bridgehead atoms. The molecule has 0 saturated heterocycles. The number of ether oxygens (including phenoxy) is 2. The van der Waals surface area contributed by atoms with Crippen LogP contribution in [-0.2, 0) is 18.3 Å². The number of aromatic nitrogens is 2. The lowest BCUT2D eigenvalue weighted by Gasteiger charge is -2.12. The zero-order chi connectivity index (χ0) is 18.4. The lowest BCUT2D eigenvalue weighted by molar-refractivity contribution is -0.115. The predicted octanol–water partition coefficient (Wildman–Crippen LogP) is 1.50. The van der Waals surface area contributed by atoms with E-state index < -0.39 is 5.91 Å². The summed E-state index contributed by atoms with van der Waals surface area (Å²) < 4.78 is 12.4. The highest BCUT2D eigenvalue weighted by atomic mass is 16.5. The molecule has 0 unspecified atom stereocenters. The van der Waals surface area contributed by atoms with Crippen molar-refractivity contribution in [2.75, 3.05) is 18.5 Å². The van der Waals surface area contributed by atoms with Gasteiger partial charge in [-0.3, -0.25) is 14.3 Å². The normalized spacial score (nSPS) is 10.4. The number of amides is 2. The molecule has 2 rings (SSSR count). The van der Waals surface area contributed by atoms with Gasteiger partial charge in [0.25, 0.3) is 5.91 Å². The number of benzene rings is 1. The molecular weight excluding hydrogens is 324 g/mol. The second-order valence-electron chi connectivity index (χ2n) is 5.27.